The number of benzene rings is 4. The first-order valence-electron chi connectivity index (χ1n) is 14.8. The Labute approximate surface area is 255 Å². The van der Waals surface area contributed by atoms with Crippen molar-refractivity contribution in [2.24, 2.45) is 0 Å². The van der Waals surface area contributed by atoms with Gasteiger partial charge in [0.15, 0.2) is 0 Å². The zero-order valence-electron chi connectivity index (χ0n) is 24.2. The highest BCUT2D eigenvalue weighted by Crippen LogP contribution is 2.30. The number of rotatable bonds is 16. The summed E-state index contributed by atoms with van der Waals surface area (Å²) in [7, 11) is 0. The lowest BCUT2D eigenvalue weighted by Gasteiger charge is -2.10. The Balaban J connectivity index is 0.900. The van der Waals surface area contributed by atoms with Crippen molar-refractivity contribution in [3.8, 4) is 34.6 Å². The lowest BCUT2D eigenvalue weighted by molar-refractivity contribution is 0.0879. The van der Waals surface area contributed by atoms with E-state index in [9.17, 15) is 0 Å². The van der Waals surface area contributed by atoms with E-state index in [-0.39, 0.29) is 12.2 Å². The highest BCUT2D eigenvalue weighted by atomic mass is 16.6. The molecule has 0 N–H and O–H groups in total. The maximum absolute atomic E-state index is 6.06. The van der Waals surface area contributed by atoms with Crippen LogP contribution in [0.15, 0.2) is 91.1 Å². The van der Waals surface area contributed by atoms with Gasteiger partial charge < -0.3 is 37.9 Å². The zero-order chi connectivity index (χ0) is 29.6. The normalized spacial score (nSPS) is 17.0. The Morgan fingerprint density at radius 1 is 0.523 bits per heavy atom. The minimum atomic E-state index is 0.268. The van der Waals surface area contributed by atoms with Crippen molar-refractivity contribution in [1.29, 1.82) is 0 Å². The summed E-state index contributed by atoms with van der Waals surface area (Å²) in [5.41, 5.74) is 0. The quantitative estimate of drug-likeness (QED) is 0.0929. The summed E-state index contributed by atoms with van der Waals surface area (Å²) in [5.74, 6) is 4.11. The fourth-order valence-corrected chi connectivity index (χ4v) is 4.65. The summed E-state index contributed by atoms with van der Waals surface area (Å²) in [5, 5.41) is 4.21. The van der Waals surface area contributed by atoms with E-state index in [1.54, 1.807) is 12.3 Å². The van der Waals surface area contributed by atoms with Crippen LogP contribution in [0.25, 0.3) is 21.5 Å². The summed E-state index contributed by atoms with van der Waals surface area (Å²) in [6, 6.07) is 27.4. The van der Waals surface area contributed by atoms with Crippen LogP contribution in [0.3, 0.4) is 0 Å². The van der Waals surface area contributed by atoms with Crippen molar-refractivity contribution in [3.63, 3.8) is 0 Å². The lowest BCUT2D eigenvalue weighted by Crippen LogP contribution is -2.10. The van der Waals surface area contributed by atoms with Gasteiger partial charge in [0, 0.05) is 6.07 Å². The van der Waals surface area contributed by atoms with Crippen molar-refractivity contribution in [2.75, 3.05) is 52.9 Å². The molecule has 44 heavy (non-hydrogen) atoms. The number of ether oxygens (including phenoxy) is 8. The Hall–Kier alpha value is -4.41. The van der Waals surface area contributed by atoms with Gasteiger partial charge in [-0.15, -0.1) is 0 Å². The molecule has 0 radical (unpaired) electrons. The minimum Gasteiger partial charge on any atom is -0.491 e. The van der Waals surface area contributed by atoms with Gasteiger partial charge in [0.25, 0.3) is 0 Å². The molecule has 226 valence electrons. The molecule has 7 rings (SSSR count). The number of epoxide rings is 2. The van der Waals surface area contributed by atoms with Crippen LogP contribution in [0.2, 0.25) is 0 Å². The number of aromatic nitrogens is 1. The zero-order valence-corrected chi connectivity index (χ0v) is 24.2. The molecule has 2 fully saturated rings. The Kier molecular flexibility index (Phi) is 8.69. The predicted molar refractivity (Wildman–Crippen MR) is 164 cm³/mol. The third-order valence-electron chi connectivity index (χ3n) is 7.14. The smallest absolute Gasteiger partial charge is 0.219 e. The van der Waals surface area contributed by atoms with Crippen LogP contribution < -0.4 is 18.9 Å². The van der Waals surface area contributed by atoms with Gasteiger partial charge in [-0.05, 0) is 76.1 Å². The standard InChI is InChI=1S/C35H33NO8/c1-5-28(39-13-11-37-20-33-22-41-33)15-24-3-7-30(17-26(1)24)43-32-9-10-35(36-19-32)44-31-8-4-25-16-29(6-2-27(25)18-31)40-14-12-38-21-34-23-42-34/h1-10,15-19,33-34H,11-14,20-23H2. The monoisotopic (exact) mass is 595 g/mol. The highest BCUT2D eigenvalue weighted by molar-refractivity contribution is 5.86. The summed E-state index contributed by atoms with van der Waals surface area (Å²) >= 11 is 0. The molecule has 0 saturated carbocycles. The van der Waals surface area contributed by atoms with Crippen LogP contribution in [0.5, 0.6) is 34.6 Å². The van der Waals surface area contributed by atoms with E-state index in [2.05, 4.69) is 4.98 Å². The summed E-state index contributed by atoms with van der Waals surface area (Å²) in [4.78, 5) is 4.44. The van der Waals surface area contributed by atoms with E-state index in [1.807, 2.05) is 78.9 Å². The van der Waals surface area contributed by atoms with Crippen LogP contribution in [-0.2, 0) is 18.9 Å². The number of hydrogen-bond donors (Lipinski definition) is 0. The van der Waals surface area contributed by atoms with Gasteiger partial charge in [-0.3, -0.25) is 0 Å². The fourth-order valence-electron chi connectivity index (χ4n) is 4.65. The highest BCUT2D eigenvalue weighted by Gasteiger charge is 2.22. The molecule has 5 aromatic rings. The molecule has 0 amide bonds. The largest absolute Gasteiger partial charge is 0.491 e. The molecule has 2 saturated heterocycles. The average Bonchev–Trinajstić information content (AvgIpc) is 3.98. The molecule has 0 aliphatic carbocycles. The van der Waals surface area contributed by atoms with Crippen molar-refractivity contribution < 1.29 is 37.9 Å². The Morgan fingerprint density at radius 3 is 1.45 bits per heavy atom. The maximum atomic E-state index is 6.06. The second kappa shape index (κ2) is 13.5. The van der Waals surface area contributed by atoms with Gasteiger partial charge in [0.2, 0.25) is 5.88 Å². The third kappa shape index (κ3) is 7.94. The molecule has 3 heterocycles. The van der Waals surface area contributed by atoms with Crippen molar-refractivity contribution >= 4 is 21.5 Å². The van der Waals surface area contributed by atoms with Gasteiger partial charge in [0.1, 0.15) is 54.2 Å². The first-order chi connectivity index (χ1) is 21.7. The average molecular weight is 596 g/mol. The predicted octanol–water partition coefficient (Wildman–Crippen LogP) is 6.56. The molecule has 0 bridgehead atoms. The molecular weight excluding hydrogens is 562 g/mol. The summed E-state index contributed by atoms with van der Waals surface area (Å²) in [6.45, 7) is 4.92. The van der Waals surface area contributed by atoms with Crippen LogP contribution in [0.1, 0.15) is 0 Å². The van der Waals surface area contributed by atoms with Crippen molar-refractivity contribution in [1.82, 2.24) is 4.98 Å². The van der Waals surface area contributed by atoms with Crippen LogP contribution >= 0.6 is 0 Å². The minimum absolute atomic E-state index is 0.268. The van der Waals surface area contributed by atoms with Gasteiger partial charge in [-0.1, -0.05) is 24.3 Å². The van der Waals surface area contributed by atoms with E-state index in [0.717, 1.165) is 52.0 Å². The van der Waals surface area contributed by atoms with Crippen molar-refractivity contribution in [2.45, 2.75) is 12.2 Å². The fraction of sp³-hybridized carbons (Fsp3) is 0.286. The van der Waals surface area contributed by atoms with E-state index in [4.69, 9.17) is 37.9 Å². The summed E-state index contributed by atoms with van der Waals surface area (Å²) in [6.07, 6.45) is 2.19. The number of pyridine rings is 1. The topological polar surface area (TPSA) is 93.3 Å². The molecule has 2 unspecified atom stereocenters. The van der Waals surface area contributed by atoms with Crippen molar-refractivity contribution in [3.05, 3.63) is 91.1 Å². The second-order valence-electron chi connectivity index (χ2n) is 10.6. The van der Waals surface area contributed by atoms with Crippen LogP contribution in [0.4, 0.5) is 0 Å². The van der Waals surface area contributed by atoms with Gasteiger partial charge in [0.05, 0.1) is 45.8 Å². The van der Waals surface area contributed by atoms with Crippen LogP contribution in [-0.4, -0.2) is 70.0 Å². The molecule has 2 aliphatic heterocycles. The number of hydrogen-bond acceptors (Lipinski definition) is 9. The number of fused-ring (bicyclic) bond motifs is 2. The first-order valence-corrected chi connectivity index (χ1v) is 14.8. The molecular formula is C35H33NO8. The van der Waals surface area contributed by atoms with Crippen LogP contribution in [0, 0.1) is 0 Å². The lowest BCUT2D eigenvalue weighted by atomic mass is 10.1. The second-order valence-corrected chi connectivity index (χ2v) is 10.6. The molecule has 0 spiro atoms. The van der Waals surface area contributed by atoms with E-state index in [0.29, 0.717) is 57.0 Å². The third-order valence-corrected chi connectivity index (χ3v) is 7.14. The molecule has 2 atom stereocenters. The first kappa shape index (κ1) is 28.4. The summed E-state index contributed by atoms with van der Waals surface area (Å²) < 4.78 is 45.0. The van der Waals surface area contributed by atoms with Gasteiger partial charge >= 0.3 is 0 Å². The molecule has 9 heteroatoms. The molecule has 1 aromatic heterocycles. The molecule has 4 aromatic carbocycles. The van der Waals surface area contributed by atoms with Gasteiger partial charge in [-0.2, -0.15) is 0 Å². The van der Waals surface area contributed by atoms with E-state index >= 15 is 0 Å². The van der Waals surface area contributed by atoms with E-state index in [1.165, 1.54) is 0 Å². The Morgan fingerprint density at radius 2 is 0.977 bits per heavy atom. The molecule has 2 aliphatic rings. The van der Waals surface area contributed by atoms with Gasteiger partial charge in [-0.25, -0.2) is 4.98 Å². The maximum Gasteiger partial charge on any atom is 0.219 e. The Bertz CT molecular complexity index is 1580. The van der Waals surface area contributed by atoms with E-state index < -0.39 is 0 Å². The molecule has 9 nitrogen and oxygen atoms in total. The SMILES string of the molecule is c1cc2cc(Oc3ccc(Oc4ccc5cc(OCCOCC6CO6)ccc5c4)nc3)ccc2cc1OCCOCC1CO1. The number of nitrogens with zero attached hydrogens (tertiary/aromatic N) is 1.